The number of aliphatic imine (C=N–C) groups is 1. The summed E-state index contributed by atoms with van der Waals surface area (Å²) >= 11 is 0. The highest BCUT2D eigenvalue weighted by molar-refractivity contribution is 6.25. The molecule has 9 aromatic carbocycles. The number of benzene rings is 9. The summed E-state index contributed by atoms with van der Waals surface area (Å²) in [4.78, 5) is 5.14. The SMILES string of the molecule is C#C/C(=C\C(=NC(=C)c1ccccc1)c1cccc(-c2cccc(-c3ccc4c5ccccc5c5ccccc5c4c3)c2)c1)c1cccc(-c2ccccc2)c1. The molecule has 262 valence electrons. The molecule has 0 radical (unpaired) electrons. The molecular weight excluding hydrogens is 675 g/mol. The average Bonchev–Trinajstić information content (AvgIpc) is 3.28. The predicted molar refractivity (Wildman–Crippen MR) is 241 cm³/mol. The summed E-state index contributed by atoms with van der Waals surface area (Å²) in [6.45, 7) is 4.36. The van der Waals surface area contributed by atoms with Gasteiger partial charge in [0.25, 0.3) is 0 Å². The Labute approximate surface area is 328 Å². The lowest BCUT2D eigenvalue weighted by atomic mass is 9.91. The number of rotatable bonds is 8. The van der Waals surface area contributed by atoms with E-state index >= 15 is 0 Å². The van der Waals surface area contributed by atoms with Crippen LogP contribution in [0, 0.1) is 12.3 Å². The third-order valence-electron chi connectivity index (χ3n) is 10.5. The van der Waals surface area contributed by atoms with Gasteiger partial charge >= 0.3 is 0 Å². The fraction of sp³-hybridized carbons (Fsp3) is 0. The Morgan fingerprint density at radius 2 is 0.821 bits per heavy atom. The van der Waals surface area contributed by atoms with Gasteiger partial charge in [0.15, 0.2) is 0 Å². The lowest BCUT2D eigenvalue weighted by Crippen LogP contribution is -2.00. The van der Waals surface area contributed by atoms with Gasteiger partial charge in [0.2, 0.25) is 0 Å². The van der Waals surface area contributed by atoms with E-state index in [2.05, 4.69) is 164 Å². The van der Waals surface area contributed by atoms with Crippen LogP contribution in [0.5, 0.6) is 0 Å². The van der Waals surface area contributed by atoms with Crippen LogP contribution in [0.3, 0.4) is 0 Å². The second-order valence-corrected chi connectivity index (χ2v) is 14.0. The van der Waals surface area contributed by atoms with Crippen LogP contribution in [-0.4, -0.2) is 5.71 Å². The van der Waals surface area contributed by atoms with Crippen LogP contribution in [0.1, 0.15) is 16.7 Å². The van der Waals surface area contributed by atoms with Gasteiger partial charge in [-0.25, -0.2) is 4.99 Å². The van der Waals surface area contributed by atoms with E-state index in [9.17, 15) is 0 Å². The van der Waals surface area contributed by atoms with Crippen molar-refractivity contribution in [3.8, 4) is 45.7 Å². The highest BCUT2D eigenvalue weighted by atomic mass is 14.8. The van der Waals surface area contributed by atoms with Gasteiger partial charge in [0, 0.05) is 11.1 Å². The van der Waals surface area contributed by atoms with E-state index in [0.717, 1.165) is 55.8 Å². The van der Waals surface area contributed by atoms with Gasteiger partial charge in [-0.3, -0.25) is 0 Å². The highest BCUT2D eigenvalue weighted by Crippen LogP contribution is 2.38. The summed E-state index contributed by atoms with van der Waals surface area (Å²) in [6, 6.07) is 70.4. The highest BCUT2D eigenvalue weighted by Gasteiger charge is 2.12. The predicted octanol–water partition coefficient (Wildman–Crippen LogP) is 14.3. The van der Waals surface area contributed by atoms with Crippen LogP contribution in [0.25, 0.3) is 77.0 Å². The average molecular weight is 712 g/mol. The van der Waals surface area contributed by atoms with Crippen LogP contribution < -0.4 is 0 Å². The van der Waals surface area contributed by atoms with E-state index < -0.39 is 0 Å². The minimum Gasteiger partial charge on any atom is -0.248 e. The molecule has 0 bridgehead atoms. The molecular formula is C55H37N. The van der Waals surface area contributed by atoms with E-state index in [-0.39, 0.29) is 0 Å². The zero-order chi connectivity index (χ0) is 37.8. The lowest BCUT2D eigenvalue weighted by molar-refractivity contribution is 1.50. The third-order valence-corrected chi connectivity index (χ3v) is 10.5. The molecule has 0 fully saturated rings. The second kappa shape index (κ2) is 15.1. The number of hydrogen-bond acceptors (Lipinski definition) is 1. The standard InChI is InChI=1S/C55H37N/c1-3-39(42-21-14-22-43(33-42)41-19-8-5-9-20-41)37-55(56-38(2)40-17-6-4-7-18-40)48-26-16-25-46(35-48)44-23-15-24-45(34-44)47-31-32-53-51-29-11-10-27-49(51)50-28-12-13-30-52(50)54(53)36-47/h1,4-37H,2H2/b39-37+,56-55?. The van der Waals surface area contributed by atoms with Gasteiger partial charge in [0.1, 0.15) is 0 Å². The van der Waals surface area contributed by atoms with Crippen molar-refractivity contribution in [2.75, 3.05) is 0 Å². The fourth-order valence-corrected chi connectivity index (χ4v) is 7.69. The molecule has 0 heterocycles. The summed E-state index contributed by atoms with van der Waals surface area (Å²) in [5.41, 5.74) is 11.8. The van der Waals surface area contributed by atoms with Gasteiger partial charge in [-0.15, -0.1) is 6.42 Å². The Kier molecular flexibility index (Phi) is 9.22. The molecule has 9 aromatic rings. The molecule has 0 saturated carbocycles. The second-order valence-electron chi connectivity index (χ2n) is 14.0. The van der Waals surface area contributed by atoms with Crippen LogP contribution in [-0.2, 0) is 0 Å². The summed E-state index contributed by atoms with van der Waals surface area (Å²) in [7, 11) is 0. The molecule has 0 aromatic heterocycles. The third kappa shape index (κ3) is 6.73. The number of fused-ring (bicyclic) bond motifs is 6. The van der Waals surface area contributed by atoms with Crippen LogP contribution in [0.4, 0.5) is 0 Å². The number of hydrogen-bond donors (Lipinski definition) is 0. The normalized spacial score (nSPS) is 11.8. The van der Waals surface area contributed by atoms with Gasteiger partial charge < -0.3 is 0 Å². The molecule has 0 amide bonds. The summed E-state index contributed by atoms with van der Waals surface area (Å²) in [5.74, 6) is 2.97. The van der Waals surface area contributed by atoms with Crippen molar-refractivity contribution in [1.29, 1.82) is 0 Å². The fourth-order valence-electron chi connectivity index (χ4n) is 7.69. The minimum atomic E-state index is 0.662. The molecule has 0 saturated heterocycles. The summed E-state index contributed by atoms with van der Waals surface area (Å²) in [6.07, 6.45) is 8.26. The quantitative estimate of drug-likeness (QED) is 0.0845. The molecule has 56 heavy (non-hydrogen) atoms. The summed E-state index contributed by atoms with van der Waals surface area (Å²) < 4.78 is 0. The Bertz CT molecular complexity index is 3000. The maximum absolute atomic E-state index is 6.25. The van der Waals surface area contributed by atoms with Crippen LogP contribution >= 0.6 is 0 Å². The van der Waals surface area contributed by atoms with Crippen molar-refractivity contribution in [1.82, 2.24) is 0 Å². The van der Waals surface area contributed by atoms with Crippen LogP contribution in [0.15, 0.2) is 218 Å². The zero-order valence-corrected chi connectivity index (χ0v) is 30.9. The van der Waals surface area contributed by atoms with Gasteiger partial charge in [-0.05, 0) is 107 Å². The first-order valence-corrected chi connectivity index (χ1v) is 18.8. The zero-order valence-electron chi connectivity index (χ0n) is 30.9. The smallest absolute Gasteiger partial charge is 0.0722 e. The minimum absolute atomic E-state index is 0.662. The van der Waals surface area contributed by atoms with E-state index in [1.807, 2.05) is 54.6 Å². The molecule has 0 spiro atoms. The van der Waals surface area contributed by atoms with E-state index in [4.69, 9.17) is 11.4 Å². The molecule has 0 aliphatic carbocycles. The largest absolute Gasteiger partial charge is 0.248 e. The molecule has 1 heteroatoms. The number of nitrogens with zero attached hydrogens (tertiary/aromatic N) is 1. The van der Waals surface area contributed by atoms with Crippen molar-refractivity contribution in [2.24, 2.45) is 4.99 Å². The first-order chi connectivity index (χ1) is 27.6. The molecule has 0 unspecified atom stereocenters. The molecule has 0 aliphatic rings. The number of terminal acetylenes is 1. The Hall–Kier alpha value is -7.53. The van der Waals surface area contributed by atoms with Gasteiger partial charge in [-0.1, -0.05) is 188 Å². The first kappa shape index (κ1) is 34.3. The maximum Gasteiger partial charge on any atom is 0.0722 e. The lowest BCUT2D eigenvalue weighted by Gasteiger charge is -2.13. The number of allylic oxidation sites excluding steroid dienone is 2. The van der Waals surface area contributed by atoms with Crippen LogP contribution in [0.2, 0.25) is 0 Å². The van der Waals surface area contributed by atoms with Gasteiger partial charge in [0.05, 0.1) is 11.4 Å². The molecule has 1 nitrogen and oxygen atoms in total. The van der Waals surface area contributed by atoms with E-state index in [0.29, 0.717) is 5.70 Å². The van der Waals surface area contributed by atoms with E-state index in [1.54, 1.807) is 0 Å². The molecule has 0 atom stereocenters. The van der Waals surface area contributed by atoms with Crippen molar-refractivity contribution in [3.05, 3.63) is 230 Å². The van der Waals surface area contributed by atoms with Crippen molar-refractivity contribution < 1.29 is 0 Å². The van der Waals surface area contributed by atoms with Gasteiger partial charge in [-0.2, -0.15) is 0 Å². The Morgan fingerprint density at radius 3 is 1.45 bits per heavy atom. The monoisotopic (exact) mass is 711 g/mol. The summed E-state index contributed by atoms with van der Waals surface area (Å²) in [5, 5.41) is 7.62. The Morgan fingerprint density at radius 1 is 0.393 bits per heavy atom. The molecule has 0 N–H and O–H groups in total. The van der Waals surface area contributed by atoms with Crippen molar-refractivity contribution in [3.63, 3.8) is 0 Å². The van der Waals surface area contributed by atoms with E-state index in [1.165, 1.54) is 37.9 Å². The topological polar surface area (TPSA) is 12.4 Å². The maximum atomic E-state index is 6.25. The van der Waals surface area contributed by atoms with Crippen molar-refractivity contribution in [2.45, 2.75) is 0 Å². The molecule has 9 rings (SSSR count). The Balaban J connectivity index is 1.12. The molecule has 0 aliphatic heterocycles. The first-order valence-electron chi connectivity index (χ1n) is 18.8. The van der Waals surface area contributed by atoms with Crippen molar-refractivity contribution >= 4 is 49.3 Å².